The zero-order valence-corrected chi connectivity index (χ0v) is 16.4. The third-order valence-electron chi connectivity index (χ3n) is 3.42. The standard InChI is InChI=1S/C18H17ClN2O6S/c1-26-16-10-13(21(24)25)4-7-15(16)20-17(22)11-27-18(23)8-9-28-14-5-2-12(19)3-6-14/h2-7,10H,8-9,11H2,1H3,(H,20,22). The fourth-order valence-corrected chi connectivity index (χ4v) is 3.04. The number of anilines is 1. The van der Waals surface area contributed by atoms with Crippen molar-refractivity contribution in [3.8, 4) is 5.75 Å². The topological polar surface area (TPSA) is 108 Å². The van der Waals surface area contributed by atoms with Gasteiger partial charge < -0.3 is 14.8 Å². The minimum atomic E-state index is -0.578. The van der Waals surface area contributed by atoms with Crippen LogP contribution in [0, 0.1) is 10.1 Å². The van der Waals surface area contributed by atoms with Crippen molar-refractivity contribution in [1.29, 1.82) is 0 Å². The van der Waals surface area contributed by atoms with Crippen LogP contribution in [0.4, 0.5) is 11.4 Å². The van der Waals surface area contributed by atoms with E-state index in [1.165, 1.54) is 37.1 Å². The molecule has 0 saturated heterocycles. The Morgan fingerprint density at radius 3 is 2.57 bits per heavy atom. The van der Waals surface area contributed by atoms with E-state index in [1.54, 1.807) is 12.1 Å². The third kappa shape index (κ3) is 6.75. The summed E-state index contributed by atoms with van der Waals surface area (Å²) in [6.07, 6.45) is 0.140. The van der Waals surface area contributed by atoms with Crippen molar-refractivity contribution in [2.45, 2.75) is 11.3 Å². The predicted molar refractivity (Wildman–Crippen MR) is 106 cm³/mol. The molecule has 0 fully saturated rings. The van der Waals surface area contributed by atoms with Gasteiger partial charge in [0.25, 0.3) is 11.6 Å². The molecule has 0 atom stereocenters. The molecule has 0 radical (unpaired) electrons. The molecule has 2 rings (SSSR count). The van der Waals surface area contributed by atoms with Gasteiger partial charge in [0.1, 0.15) is 5.75 Å². The number of amides is 1. The largest absolute Gasteiger partial charge is 0.494 e. The van der Waals surface area contributed by atoms with E-state index in [0.29, 0.717) is 10.8 Å². The van der Waals surface area contributed by atoms with Crippen LogP contribution in [0.2, 0.25) is 5.02 Å². The lowest BCUT2D eigenvalue weighted by Crippen LogP contribution is -2.21. The summed E-state index contributed by atoms with van der Waals surface area (Å²) in [6.45, 7) is -0.468. The van der Waals surface area contributed by atoms with Gasteiger partial charge in [-0.15, -0.1) is 11.8 Å². The average molecular weight is 425 g/mol. The number of esters is 1. The maximum Gasteiger partial charge on any atom is 0.307 e. The molecule has 2 aromatic carbocycles. The van der Waals surface area contributed by atoms with Gasteiger partial charge in [-0.05, 0) is 30.3 Å². The van der Waals surface area contributed by atoms with Crippen LogP contribution in [0.3, 0.4) is 0 Å². The maximum absolute atomic E-state index is 11.9. The first kappa shape index (κ1) is 21.5. The van der Waals surface area contributed by atoms with Gasteiger partial charge in [-0.3, -0.25) is 19.7 Å². The van der Waals surface area contributed by atoms with Crippen molar-refractivity contribution in [3.05, 3.63) is 57.6 Å². The first-order valence-electron chi connectivity index (χ1n) is 8.05. The zero-order valence-electron chi connectivity index (χ0n) is 14.8. The second-order valence-electron chi connectivity index (χ2n) is 5.40. The van der Waals surface area contributed by atoms with E-state index in [9.17, 15) is 19.7 Å². The quantitative estimate of drug-likeness (QED) is 0.281. The van der Waals surface area contributed by atoms with Gasteiger partial charge in [0, 0.05) is 21.7 Å². The fraction of sp³-hybridized carbons (Fsp3) is 0.222. The number of hydrogen-bond donors (Lipinski definition) is 1. The monoisotopic (exact) mass is 424 g/mol. The van der Waals surface area contributed by atoms with Crippen molar-refractivity contribution >= 4 is 46.6 Å². The van der Waals surface area contributed by atoms with E-state index in [-0.39, 0.29) is 23.5 Å². The zero-order chi connectivity index (χ0) is 20.5. The van der Waals surface area contributed by atoms with Crippen molar-refractivity contribution in [2.75, 3.05) is 24.8 Å². The normalized spacial score (nSPS) is 10.2. The van der Waals surface area contributed by atoms with E-state index in [4.69, 9.17) is 21.1 Å². The van der Waals surface area contributed by atoms with Crippen LogP contribution in [0.1, 0.15) is 6.42 Å². The number of thioether (sulfide) groups is 1. The van der Waals surface area contributed by atoms with E-state index in [2.05, 4.69) is 5.32 Å². The van der Waals surface area contributed by atoms with Gasteiger partial charge in [-0.2, -0.15) is 0 Å². The van der Waals surface area contributed by atoms with Crippen molar-refractivity contribution in [2.24, 2.45) is 0 Å². The molecule has 0 aromatic heterocycles. The van der Waals surface area contributed by atoms with Crippen molar-refractivity contribution in [3.63, 3.8) is 0 Å². The van der Waals surface area contributed by atoms with E-state index < -0.39 is 23.4 Å². The number of ether oxygens (including phenoxy) is 2. The molecule has 0 bridgehead atoms. The molecule has 148 valence electrons. The molecular formula is C18H17ClN2O6S. The first-order chi connectivity index (χ1) is 13.4. The Balaban J connectivity index is 1.76. The number of rotatable bonds is 9. The smallest absolute Gasteiger partial charge is 0.307 e. The number of nitro groups is 1. The Bertz CT molecular complexity index is 860. The SMILES string of the molecule is COc1cc([N+](=O)[O-])ccc1NC(=O)COC(=O)CCSc1ccc(Cl)cc1. The molecule has 1 N–H and O–H groups in total. The summed E-state index contributed by atoms with van der Waals surface area (Å²) in [5, 5.41) is 13.9. The highest BCUT2D eigenvalue weighted by Crippen LogP contribution is 2.29. The molecule has 0 heterocycles. The molecule has 0 unspecified atom stereocenters. The number of nitrogens with zero attached hydrogens (tertiary/aromatic N) is 1. The molecule has 10 heteroatoms. The minimum absolute atomic E-state index is 0.133. The molecule has 0 saturated carbocycles. The molecule has 2 aromatic rings. The molecular weight excluding hydrogens is 408 g/mol. The van der Waals surface area contributed by atoms with Gasteiger partial charge in [0.2, 0.25) is 0 Å². The number of halogens is 1. The maximum atomic E-state index is 11.9. The van der Waals surface area contributed by atoms with E-state index >= 15 is 0 Å². The Morgan fingerprint density at radius 2 is 1.93 bits per heavy atom. The van der Waals surface area contributed by atoms with Gasteiger partial charge in [-0.25, -0.2) is 0 Å². The van der Waals surface area contributed by atoms with Crippen LogP contribution < -0.4 is 10.1 Å². The lowest BCUT2D eigenvalue weighted by atomic mass is 10.2. The van der Waals surface area contributed by atoms with Crippen LogP contribution in [-0.2, 0) is 14.3 Å². The summed E-state index contributed by atoms with van der Waals surface area (Å²) in [4.78, 5) is 34.9. The molecule has 1 amide bonds. The van der Waals surface area contributed by atoms with Crippen molar-refractivity contribution < 1.29 is 24.0 Å². The lowest BCUT2D eigenvalue weighted by Gasteiger charge is -2.10. The van der Waals surface area contributed by atoms with Crippen LogP contribution in [-0.4, -0.2) is 36.3 Å². The molecule has 0 aliphatic rings. The molecule has 0 aliphatic heterocycles. The Kier molecular flexibility index (Phi) is 8.09. The summed E-state index contributed by atoms with van der Waals surface area (Å²) in [7, 11) is 1.33. The summed E-state index contributed by atoms with van der Waals surface area (Å²) in [5.41, 5.74) is 0.0758. The highest BCUT2D eigenvalue weighted by molar-refractivity contribution is 7.99. The molecule has 0 aliphatic carbocycles. The lowest BCUT2D eigenvalue weighted by molar-refractivity contribution is -0.384. The van der Waals surface area contributed by atoms with Crippen LogP contribution in [0.15, 0.2) is 47.4 Å². The first-order valence-corrected chi connectivity index (χ1v) is 9.41. The summed E-state index contributed by atoms with van der Waals surface area (Å²) in [6, 6.07) is 11.0. The van der Waals surface area contributed by atoms with E-state index in [0.717, 1.165) is 4.90 Å². The number of non-ortho nitro benzene ring substituents is 1. The Labute approximate surface area is 170 Å². The highest BCUT2D eigenvalue weighted by atomic mass is 35.5. The van der Waals surface area contributed by atoms with Gasteiger partial charge in [0.05, 0.1) is 30.2 Å². The second-order valence-corrected chi connectivity index (χ2v) is 7.01. The number of nitro benzene ring substituents is 1. The number of carbonyl (C=O) groups excluding carboxylic acids is 2. The number of methoxy groups -OCH3 is 1. The number of benzene rings is 2. The van der Waals surface area contributed by atoms with Crippen LogP contribution in [0.5, 0.6) is 5.75 Å². The minimum Gasteiger partial charge on any atom is -0.494 e. The number of carbonyl (C=O) groups is 2. The van der Waals surface area contributed by atoms with Gasteiger partial charge >= 0.3 is 5.97 Å². The van der Waals surface area contributed by atoms with Crippen LogP contribution in [0.25, 0.3) is 0 Å². The summed E-state index contributed by atoms with van der Waals surface area (Å²) >= 11 is 7.28. The molecule has 8 nitrogen and oxygen atoms in total. The highest BCUT2D eigenvalue weighted by Gasteiger charge is 2.14. The second kappa shape index (κ2) is 10.5. The fourth-order valence-electron chi connectivity index (χ4n) is 2.08. The third-order valence-corrected chi connectivity index (χ3v) is 4.69. The summed E-state index contributed by atoms with van der Waals surface area (Å²) in [5.74, 6) is -0.454. The number of hydrogen-bond acceptors (Lipinski definition) is 7. The van der Waals surface area contributed by atoms with Gasteiger partial charge in [0.15, 0.2) is 6.61 Å². The van der Waals surface area contributed by atoms with Crippen LogP contribution >= 0.6 is 23.4 Å². The average Bonchev–Trinajstić information content (AvgIpc) is 2.68. The summed E-state index contributed by atoms with van der Waals surface area (Å²) < 4.78 is 9.96. The Hall–Kier alpha value is -2.78. The van der Waals surface area contributed by atoms with Crippen molar-refractivity contribution in [1.82, 2.24) is 0 Å². The predicted octanol–water partition coefficient (Wildman–Crippen LogP) is 3.92. The Morgan fingerprint density at radius 1 is 1.21 bits per heavy atom. The number of nitrogens with one attached hydrogen (secondary N) is 1. The molecule has 0 spiro atoms. The molecule has 28 heavy (non-hydrogen) atoms. The van der Waals surface area contributed by atoms with Gasteiger partial charge in [-0.1, -0.05) is 11.6 Å². The van der Waals surface area contributed by atoms with E-state index in [1.807, 2.05) is 12.1 Å².